The standard InChI is InChI=1S/C51H67N3O7/c1-32(56)28-53-29-43-42-27-44(54-49(42)35-20-22-51(43)21-8-10-38(51)24-35)46(58)31-60-48-23-33(15-19-45(48)57)14-18-40-26-37(30-55)47(61-40)13-5-3-2-4-11-39(52)25-36-17-16-34-9-6-7-12-41(34)50(36)59/h6-7,9,12,15-17,19-20,22-23,26-27,32,35-36,38-39,43,46-47,50,53,55-56,58-59,61H,2-5,8,10-11,13-14,18,21,24-25,28-31,52H2,1H3/p+1. The van der Waals surface area contributed by atoms with Crippen LogP contribution in [-0.4, -0.2) is 86.6 Å². The highest BCUT2D eigenvalue weighted by atomic mass is 16.5. The van der Waals surface area contributed by atoms with E-state index in [2.05, 4.69) is 35.7 Å². The number of ether oxygens (including phenoxy) is 2. The van der Waals surface area contributed by atoms with E-state index in [0.29, 0.717) is 36.8 Å². The molecule has 2 saturated carbocycles. The van der Waals surface area contributed by atoms with Gasteiger partial charge in [-0.15, -0.1) is 16.6 Å². The topological polar surface area (TPSA) is 174 Å². The molecule has 1 spiro atoms. The summed E-state index contributed by atoms with van der Waals surface area (Å²) in [5.41, 5.74) is 12.3. The highest BCUT2D eigenvalue weighted by molar-refractivity contribution is 6.06. The van der Waals surface area contributed by atoms with E-state index in [1.165, 1.54) is 18.8 Å². The fourth-order valence-electron chi connectivity index (χ4n) is 11.2. The first-order valence-electron chi connectivity index (χ1n) is 23.1. The summed E-state index contributed by atoms with van der Waals surface area (Å²) in [5, 5.41) is 56.6. The number of benzene rings is 2. The summed E-state index contributed by atoms with van der Waals surface area (Å²) in [6.07, 6.45) is 25.2. The Morgan fingerprint density at radius 1 is 1.11 bits per heavy atom. The fraction of sp³-hybridized carbons (Fsp3) is 0.549. The molecule has 2 heterocycles. The smallest absolute Gasteiger partial charge is 0.208 e. The van der Waals surface area contributed by atoms with E-state index in [4.69, 9.17) is 20.2 Å². The number of nitrogens with zero attached hydrogens (tertiary/aromatic N) is 1. The Bertz CT molecular complexity index is 1970. The lowest BCUT2D eigenvalue weighted by Crippen LogP contribution is -2.42. The molecule has 0 aromatic heterocycles. The molecule has 2 aliphatic heterocycles. The lowest BCUT2D eigenvalue weighted by molar-refractivity contribution is -0.0552. The van der Waals surface area contributed by atoms with Crippen LogP contribution in [0.25, 0.3) is 6.08 Å². The highest BCUT2D eigenvalue weighted by Crippen LogP contribution is 2.61. The molecule has 2 bridgehead atoms. The SMILES string of the molecule is CC(O)CNCC1[C+]2C=C(C(O)COc3cc(CC[C-]4C=C(CO)C(CCCCCCC(N)CC5C=Cc6ccccc6C5O)[OH+]4)ccc3O)N=C2C2C=CC13CCCC3C2. The quantitative estimate of drug-likeness (QED) is 0.0314. The van der Waals surface area contributed by atoms with E-state index < -0.39 is 18.3 Å². The predicted molar refractivity (Wildman–Crippen MR) is 240 cm³/mol. The molecule has 0 saturated heterocycles. The molecule has 9 rings (SSSR count). The van der Waals surface area contributed by atoms with Gasteiger partial charge in [0.1, 0.15) is 24.7 Å². The molecule has 61 heavy (non-hydrogen) atoms. The van der Waals surface area contributed by atoms with Crippen LogP contribution in [0.3, 0.4) is 0 Å². The van der Waals surface area contributed by atoms with Crippen molar-refractivity contribution in [3.05, 3.63) is 113 Å². The van der Waals surface area contributed by atoms with Gasteiger partial charge in [-0.2, -0.15) is 0 Å². The predicted octanol–water partition coefficient (Wildman–Crippen LogP) is 6.74. The lowest BCUT2D eigenvalue weighted by atomic mass is 9.63. The van der Waals surface area contributed by atoms with Gasteiger partial charge in [0.05, 0.1) is 24.2 Å². The first-order valence-corrected chi connectivity index (χ1v) is 23.1. The molecular weight excluding hydrogens is 767 g/mol. The minimum absolute atomic E-state index is 0.00149. The number of unbranched alkanes of at least 4 members (excludes halogenated alkanes) is 3. The van der Waals surface area contributed by atoms with Crippen molar-refractivity contribution in [2.45, 2.75) is 121 Å². The number of phenols is 1. The molecule has 10 heteroatoms. The summed E-state index contributed by atoms with van der Waals surface area (Å²) in [4.78, 5) is 5.04. The number of aromatic hydroxyl groups is 1. The Balaban J connectivity index is 0.770. The molecule has 0 radical (unpaired) electrons. The van der Waals surface area contributed by atoms with Gasteiger partial charge in [0.2, 0.25) is 5.70 Å². The third-order valence-electron chi connectivity index (χ3n) is 14.4. The monoisotopic (exact) mass is 835 g/mol. The van der Waals surface area contributed by atoms with Crippen LogP contribution in [0, 0.1) is 41.1 Å². The molecule has 328 valence electrons. The molecule has 0 amide bonds. The van der Waals surface area contributed by atoms with Gasteiger partial charge < -0.3 is 46.1 Å². The van der Waals surface area contributed by atoms with Crippen molar-refractivity contribution in [3.63, 3.8) is 0 Å². The number of phenolic OH excluding ortho intramolecular Hbond substituents is 1. The van der Waals surface area contributed by atoms with Crippen molar-refractivity contribution >= 4 is 11.8 Å². The Morgan fingerprint density at radius 2 is 1.97 bits per heavy atom. The second-order valence-corrected chi connectivity index (χ2v) is 18.7. The summed E-state index contributed by atoms with van der Waals surface area (Å²) in [5.74, 6) is 2.70. The summed E-state index contributed by atoms with van der Waals surface area (Å²) in [6, 6.07) is 13.4. The maximum Gasteiger partial charge on any atom is 0.208 e. The second kappa shape index (κ2) is 19.7. The highest BCUT2D eigenvalue weighted by Gasteiger charge is 2.60. The van der Waals surface area contributed by atoms with Crippen molar-refractivity contribution in [3.8, 4) is 11.5 Å². The van der Waals surface area contributed by atoms with Crippen LogP contribution in [0.2, 0.25) is 0 Å². The Labute approximate surface area is 362 Å². The van der Waals surface area contributed by atoms with Crippen molar-refractivity contribution in [2.24, 2.45) is 39.8 Å². The summed E-state index contributed by atoms with van der Waals surface area (Å²) in [7, 11) is 0. The minimum atomic E-state index is -0.956. The van der Waals surface area contributed by atoms with E-state index in [-0.39, 0.29) is 54.3 Å². The maximum absolute atomic E-state index is 11.4. The van der Waals surface area contributed by atoms with Crippen LogP contribution in [0.5, 0.6) is 11.5 Å². The molecule has 2 aromatic rings. The number of aliphatic hydroxyl groups excluding tert-OH is 4. The molecule has 10 nitrogen and oxygen atoms in total. The summed E-state index contributed by atoms with van der Waals surface area (Å²) >= 11 is 0. The van der Waals surface area contributed by atoms with Gasteiger partial charge in [-0.3, -0.25) is 0 Å². The molecule has 2 fully saturated rings. The third-order valence-corrected chi connectivity index (χ3v) is 14.4. The van der Waals surface area contributed by atoms with Crippen LogP contribution in [0.1, 0.15) is 107 Å². The van der Waals surface area contributed by atoms with Crippen LogP contribution in [-0.2, 0) is 6.42 Å². The number of allylic oxidation sites excluding steroid dienone is 3. The number of aliphatic hydroxyl groups is 6. The fourth-order valence-corrected chi connectivity index (χ4v) is 11.2. The molecule has 2 aromatic carbocycles. The Kier molecular flexibility index (Phi) is 14.1. The van der Waals surface area contributed by atoms with Crippen LogP contribution >= 0.6 is 0 Å². The lowest BCUT2D eigenvalue weighted by Gasteiger charge is -2.39. The molecule has 10 atom stereocenters. The van der Waals surface area contributed by atoms with E-state index in [1.807, 2.05) is 42.5 Å². The van der Waals surface area contributed by atoms with Crippen molar-refractivity contribution in [2.75, 3.05) is 26.3 Å². The van der Waals surface area contributed by atoms with Crippen molar-refractivity contribution in [1.29, 1.82) is 0 Å². The van der Waals surface area contributed by atoms with Gasteiger partial charge in [0, 0.05) is 49.4 Å². The van der Waals surface area contributed by atoms with Gasteiger partial charge in [-0.05, 0) is 93.0 Å². The number of fused-ring (bicyclic) bond motifs is 1. The van der Waals surface area contributed by atoms with Crippen LogP contribution in [0.4, 0.5) is 0 Å². The zero-order valence-corrected chi connectivity index (χ0v) is 35.8. The summed E-state index contributed by atoms with van der Waals surface area (Å²) in [6.45, 7) is 3.06. The molecule has 9 N–H and O–H groups in total. The van der Waals surface area contributed by atoms with Crippen molar-refractivity contribution in [1.82, 2.24) is 5.32 Å². The summed E-state index contributed by atoms with van der Waals surface area (Å²) < 4.78 is 11.1. The van der Waals surface area contributed by atoms with Gasteiger partial charge in [0.25, 0.3) is 0 Å². The maximum atomic E-state index is 11.4. The number of hydrogen-bond donors (Lipinski definition) is 7. The zero-order chi connectivity index (χ0) is 42.5. The van der Waals surface area contributed by atoms with Crippen molar-refractivity contribution < 1.29 is 35.0 Å². The van der Waals surface area contributed by atoms with E-state index in [1.54, 1.807) is 13.0 Å². The number of nitrogens with two attached hydrogens (primary N) is 1. The Hall–Kier alpha value is -3.87. The van der Waals surface area contributed by atoms with E-state index >= 15 is 0 Å². The van der Waals surface area contributed by atoms with Gasteiger partial charge in [-0.1, -0.05) is 80.3 Å². The normalized spacial score (nSPS) is 28.8. The number of aliphatic imine (C=N–C) groups is 1. The van der Waals surface area contributed by atoms with E-state index in [9.17, 15) is 25.5 Å². The molecule has 7 aliphatic rings. The minimum Gasteiger partial charge on any atom is -0.504 e. The number of aryl methyl sites for hydroxylation is 1. The second-order valence-electron chi connectivity index (χ2n) is 18.7. The number of nitrogens with one attached hydrogen (secondary N) is 1. The molecule has 5 aliphatic carbocycles. The van der Waals surface area contributed by atoms with Crippen LogP contribution in [0.15, 0.2) is 89.1 Å². The average molecular weight is 835 g/mol. The molecular formula is C51H68N3O7+. The van der Waals surface area contributed by atoms with E-state index in [0.717, 1.165) is 98.4 Å². The largest absolute Gasteiger partial charge is 0.504 e. The third kappa shape index (κ3) is 9.86. The molecule has 10 unspecified atom stereocenters. The van der Waals surface area contributed by atoms with Gasteiger partial charge in [-0.25, -0.2) is 0 Å². The Morgan fingerprint density at radius 3 is 2.82 bits per heavy atom. The number of hydrogen-bond acceptors (Lipinski definition) is 9. The number of rotatable bonds is 21. The first-order chi connectivity index (χ1) is 29.6. The zero-order valence-electron chi connectivity index (χ0n) is 35.8. The van der Waals surface area contributed by atoms with Crippen LogP contribution < -0.4 is 15.8 Å². The van der Waals surface area contributed by atoms with Gasteiger partial charge in [0.15, 0.2) is 23.3 Å². The average Bonchev–Trinajstić information content (AvgIpc) is 3.98. The first kappa shape index (κ1) is 43.8. The van der Waals surface area contributed by atoms with Gasteiger partial charge >= 0.3 is 0 Å².